The molecule has 140 valence electrons. The standard InChI is InChI=1S/C18H28FN3O3/c1-20-17(21-14-18(23-3)8-11-24-12-9-18)22(2)10-13-25-16-6-4-15(19)5-7-16/h4-7H,8-14H2,1-3H3,(H,20,21). The van der Waals surface area contributed by atoms with Gasteiger partial charge in [-0.2, -0.15) is 0 Å². The van der Waals surface area contributed by atoms with E-state index < -0.39 is 0 Å². The lowest BCUT2D eigenvalue weighted by Gasteiger charge is -2.37. The summed E-state index contributed by atoms with van der Waals surface area (Å²) in [5, 5.41) is 3.38. The summed E-state index contributed by atoms with van der Waals surface area (Å²) in [6, 6.07) is 6.01. The van der Waals surface area contributed by atoms with Gasteiger partial charge >= 0.3 is 0 Å². The molecule has 1 aromatic carbocycles. The predicted molar refractivity (Wildman–Crippen MR) is 95.7 cm³/mol. The molecule has 0 bridgehead atoms. The Hall–Kier alpha value is -1.86. The van der Waals surface area contributed by atoms with Crippen molar-refractivity contribution in [3.8, 4) is 5.75 Å². The zero-order chi connectivity index (χ0) is 18.1. The highest BCUT2D eigenvalue weighted by molar-refractivity contribution is 5.79. The average molecular weight is 353 g/mol. The summed E-state index contributed by atoms with van der Waals surface area (Å²) in [5.74, 6) is 1.16. The third kappa shape index (κ3) is 5.86. The van der Waals surface area contributed by atoms with E-state index in [2.05, 4.69) is 10.3 Å². The fourth-order valence-corrected chi connectivity index (χ4v) is 2.76. The van der Waals surface area contributed by atoms with Crippen molar-refractivity contribution in [2.45, 2.75) is 18.4 Å². The topological polar surface area (TPSA) is 55.3 Å². The number of benzene rings is 1. The third-order valence-corrected chi connectivity index (χ3v) is 4.49. The third-order valence-electron chi connectivity index (χ3n) is 4.49. The first-order chi connectivity index (χ1) is 12.1. The number of guanidine groups is 1. The molecule has 1 saturated heterocycles. The molecule has 1 N–H and O–H groups in total. The minimum atomic E-state index is -0.269. The van der Waals surface area contributed by atoms with Gasteiger partial charge in [0.1, 0.15) is 18.2 Å². The number of halogens is 1. The van der Waals surface area contributed by atoms with Crippen LogP contribution >= 0.6 is 0 Å². The lowest BCUT2D eigenvalue weighted by Crippen LogP contribution is -2.51. The molecule has 1 fully saturated rings. The molecule has 7 heteroatoms. The second-order valence-corrected chi connectivity index (χ2v) is 6.12. The molecule has 2 rings (SSSR count). The second-order valence-electron chi connectivity index (χ2n) is 6.12. The molecule has 1 heterocycles. The van der Waals surface area contributed by atoms with Crippen molar-refractivity contribution in [2.24, 2.45) is 4.99 Å². The minimum absolute atomic E-state index is 0.209. The van der Waals surface area contributed by atoms with Crippen molar-refractivity contribution in [1.29, 1.82) is 0 Å². The maximum Gasteiger partial charge on any atom is 0.193 e. The van der Waals surface area contributed by atoms with Gasteiger partial charge in [-0.05, 0) is 24.3 Å². The van der Waals surface area contributed by atoms with E-state index in [1.165, 1.54) is 12.1 Å². The highest BCUT2D eigenvalue weighted by atomic mass is 19.1. The lowest BCUT2D eigenvalue weighted by molar-refractivity contribution is -0.0857. The fraction of sp³-hybridized carbons (Fsp3) is 0.611. The number of rotatable bonds is 7. The van der Waals surface area contributed by atoms with Crippen LogP contribution in [0.1, 0.15) is 12.8 Å². The Kier molecular flexibility index (Phi) is 7.46. The van der Waals surface area contributed by atoms with Crippen LogP contribution in [-0.2, 0) is 9.47 Å². The molecule has 0 atom stereocenters. The highest BCUT2D eigenvalue weighted by Gasteiger charge is 2.32. The number of nitrogens with one attached hydrogen (secondary N) is 1. The number of hydrogen-bond donors (Lipinski definition) is 1. The molecule has 25 heavy (non-hydrogen) atoms. The van der Waals surface area contributed by atoms with Gasteiger partial charge in [0.15, 0.2) is 5.96 Å². The quantitative estimate of drug-likeness (QED) is 0.599. The maximum absolute atomic E-state index is 12.9. The van der Waals surface area contributed by atoms with Crippen molar-refractivity contribution in [2.75, 3.05) is 54.1 Å². The Morgan fingerprint density at radius 3 is 2.60 bits per heavy atom. The summed E-state index contributed by atoms with van der Waals surface area (Å²) in [7, 11) is 5.45. The molecule has 1 aliphatic heterocycles. The summed E-state index contributed by atoms with van der Waals surface area (Å²) in [5.41, 5.74) is -0.209. The van der Waals surface area contributed by atoms with Gasteiger partial charge in [0.05, 0.1) is 12.1 Å². The van der Waals surface area contributed by atoms with Gasteiger partial charge < -0.3 is 24.4 Å². The smallest absolute Gasteiger partial charge is 0.193 e. The van der Waals surface area contributed by atoms with Crippen LogP contribution in [0.3, 0.4) is 0 Å². The monoisotopic (exact) mass is 353 g/mol. The van der Waals surface area contributed by atoms with E-state index >= 15 is 0 Å². The van der Waals surface area contributed by atoms with Crippen LogP contribution in [-0.4, -0.2) is 70.6 Å². The van der Waals surface area contributed by atoms with Crippen LogP contribution in [0.25, 0.3) is 0 Å². The van der Waals surface area contributed by atoms with Gasteiger partial charge in [-0.3, -0.25) is 4.99 Å². The average Bonchev–Trinajstić information content (AvgIpc) is 2.64. The maximum atomic E-state index is 12.9. The van der Waals surface area contributed by atoms with Gasteiger partial charge in [0.25, 0.3) is 0 Å². The SMILES string of the molecule is CN=C(NCC1(OC)CCOCC1)N(C)CCOc1ccc(F)cc1. The van der Waals surface area contributed by atoms with Crippen molar-refractivity contribution < 1.29 is 18.6 Å². The van der Waals surface area contributed by atoms with Crippen molar-refractivity contribution in [3.05, 3.63) is 30.1 Å². The van der Waals surface area contributed by atoms with Crippen LogP contribution < -0.4 is 10.1 Å². The summed E-state index contributed by atoms with van der Waals surface area (Å²) in [6.07, 6.45) is 1.73. The molecule has 6 nitrogen and oxygen atoms in total. The van der Waals surface area contributed by atoms with E-state index in [4.69, 9.17) is 14.2 Å². The van der Waals surface area contributed by atoms with Crippen LogP contribution in [0, 0.1) is 5.82 Å². The minimum Gasteiger partial charge on any atom is -0.492 e. The Bertz CT molecular complexity index is 545. The number of nitrogens with zero attached hydrogens (tertiary/aromatic N) is 2. The molecule has 0 amide bonds. The molecule has 0 aliphatic carbocycles. The van der Waals surface area contributed by atoms with E-state index in [9.17, 15) is 4.39 Å². The van der Waals surface area contributed by atoms with E-state index in [0.29, 0.717) is 25.4 Å². The molecule has 0 aromatic heterocycles. The summed E-state index contributed by atoms with van der Waals surface area (Å²) in [4.78, 5) is 6.31. The Balaban J connectivity index is 1.78. The zero-order valence-corrected chi connectivity index (χ0v) is 15.3. The van der Waals surface area contributed by atoms with Crippen molar-refractivity contribution in [3.63, 3.8) is 0 Å². The first kappa shape index (κ1) is 19.5. The van der Waals surface area contributed by atoms with Crippen LogP contribution in [0.4, 0.5) is 4.39 Å². The first-order valence-corrected chi connectivity index (χ1v) is 8.51. The molecule has 0 unspecified atom stereocenters. The Morgan fingerprint density at radius 1 is 1.32 bits per heavy atom. The van der Waals surface area contributed by atoms with Crippen molar-refractivity contribution in [1.82, 2.24) is 10.2 Å². The van der Waals surface area contributed by atoms with Crippen LogP contribution in [0.5, 0.6) is 5.75 Å². The van der Waals surface area contributed by atoms with E-state index in [0.717, 1.165) is 32.0 Å². The summed E-state index contributed by atoms with van der Waals surface area (Å²) < 4.78 is 29.7. The van der Waals surface area contributed by atoms with Gasteiger partial charge in [0, 0.05) is 53.8 Å². The largest absolute Gasteiger partial charge is 0.492 e. The van der Waals surface area contributed by atoms with Gasteiger partial charge in [0.2, 0.25) is 0 Å². The van der Waals surface area contributed by atoms with Gasteiger partial charge in [-0.1, -0.05) is 0 Å². The van der Waals surface area contributed by atoms with Crippen LogP contribution in [0.2, 0.25) is 0 Å². The Labute approximate surface area is 149 Å². The lowest BCUT2D eigenvalue weighted by atomic mass is 9.94. The number of aliphatic imine (C=N–C) groups is 1. The molecular formula is C18H28FN3O3. The number of likely N-dealkylation sites (N-methyl/N-ethyl adjacent to an activating group) is 1. The van der Waals surface area contributed by atoms with Crippen molar-refractivity contribution >= 4 is 5.96 Å². The molecule has 1 aromatic rings. The fourth-order valence-electron chi connectivity index (χ4n) is 2.76. The van der Waals surface area contributed by atoms with E-state index in [1.54, 1.807) is 26.3 Å². The second kappa shape index (κ2) is 9.58. The highest BCUT2D eigenvalue weighted by Crippen LogP contribution is 2.23. The molecule has 0 saturated carbocycles. The molecule has 0 spiro atoms. The molecular weight excluding hydrogens is 325 g/mol. The molecule has 0 radical (unpaired) electrons. The number of methoxy groups -OCH3 is 1. The number of ether oxygens (including phenoxy) is 3. The number of hydrogen-bond acceptors (Lipinski definition) is 4. The van der Waals surface area contributed by atoms with E-state index in [-0.39, 0.29) is 11.4 Å². The van der Waals surface area contributed by atoms with Crippen LogP contribution in [0.15, 0.2) is 29.3 Å². The molecule has 1 aliphatic rings. The van der Waals surface area contributed by atoms with Gasteiger partial charge in [-0.25, -0.2) is 4.39 Å². The first-order valence-electron chi connectivity index (χ1n) is 8.51. The normalized spacial score (nSPS) is 17.2. The zero-order valence-electron chi connectivity index (χ0n) is 15.3. The van der Waals surface area contributed by atoms with E-state index in [1.807, 2.05) is 11.9 Å². The van der Waals surface area contributed by atoms with Gasteiger partial charge in [-0.15, -0.1) is 0 Å². The summed E-state index contributed by atoms with van der Waals surface area (Å²) in [6.45, 7) is 3.25. The summed E-state index contributed by atoms with van der Waals surface area (Å²) >= 11 is 0. The Morgan fingerprint density at radius 2 is 2.00 bits per heavy atom. The predicted octanol–water partition coefficient (Wildman–Crippen LogP) is 1.91.